The number of hydrogen-bond acceptors (Lipinski definition) is 3. The molecule has 0 aliphatic heterocycles. The van der Waals surface area contributed by atoms with Crippen LogP contribution in [-0.2, 0) is 16.0 Å². The third kappa shape index (κ3) is 3.13. The Hall–Kier alpha value is -1.24. The quantitative estimate of drug-likeness (QED) is 0.783. The summed E-state index contributed by atoms with van der Waals surface area (Å²) in [7, 11) is 0. The molecule has 0 spiro atoms. The second-order valence-electron chi connectivity index (χ2n) is 3.01. The highest BCUT2D eigenvalue weighted by Gasteiger charge is 2.13. The monoisotopic (exact) mass is 257 g/mol. The van der Waals surface area contributed by atoms with Gasteiger partial charge >= 0.3 is 5.97 Å². The molecule has 0 atom stereocenters. The molecule has 3 nitrogen and oxygen atoms in total. The Morgan fingerprint density at radius 2 is 2.19 bits per heavy atom. The summed E-state index contributed by atoms with van der Waals surface area (Å²) in [6.07, 6.45) is -0.0211. The van der Waals surface area contributed by atoms with Crippen LogP contribution < -0.4 is 0 Å². The van der Waals surface area contributed by atoms with Crippen LogP contribution in [0.4, 0.5) is 0 Å². The van der Waals surface area contributed by atoms with E-state index in [9.17, 15) is 4.79 Å². The molecule has 0 aliphatic carbocycles. The standard InChI is InChI=1S/C11H9Cl2NO2/c1-2-16-11(15)5-9-7(6-14)3-8(12)4-10(9)13/h3-4H,2,5H2,1H3. The lowest BCUT2D eigenvalue weighted by Crippen LogP contribution is -2.09. The Kier molecular flexibility index (Phi) is 4.60. The molecule has 0 aromatic heterocycles. The van der Waals surface area contributed by atoms with Crippen molar-refractivity contribution in [1.29, 1.82) is 5.26 Å². The Bertz CT molecular complexity index is 452. The Morgan fingerprint density at radius 3 is 2.75 bits per heavy atom. The van der Waals surface area contributed by atoms with Crippen molar-refractivity contribution in [2.75, 3.05) is 6.61 Å². The second-order valence-corrected chi connectivity index (χ2v) is 3.85. The summed E-state index contributed by atoms with van der Waals surface area (Å²) in [6, 6.07) is 4.92. The molecule has 1 rings (SSSR count). The normalized spacial score (nSPS) is 9.62. The fourth-order valence-electron chi connectivity index (χ4n) is 1.24. The van der Waals surface area contributed by atoms with Crippen molar-refractivity contribution in [3.05, 3.63) is 33.3 Å². The van der Waals surface area contributed by atoms with Gasteiger partial charge in [0.1, 0.15) is 0 Å². The maximum Gasteiger partial charge on any atom is 0.310 e. The summed E-state index contributed by atoms with van der Waals surface area (Å²) < 4.78 is 4.79. The summed E-state index contributed by atoms with van der Waals surface area (Å²) in [5.41, 5.74) is 0.748. The number of carbonyl (C=O) groups excluding carboxylic acids is 1. The Balaban J connectivity index is 3.04. The largest absolute Gasteiger partial charge is 0.466 e. The minimum atomic E-state index is -0.414. The van der Waals surface area contributed by atoms with Crippen LogP contribution in [0.5, 0.6) is 0 Å². The molecule has 84 valence electrons. The van der Waals surface area contributed by atoms with Gasteiger partial charge in [-0.05, 0) is 24.6 Å². The van der Waals surface area contributed by atoms with Crippen LogP contribution in [0.15, 0.2) is 12.1 Å². The van der Waals surface area contributed by atoms with Gasteiger partial charge in [-0.3, -0.25) is 4.79 Å². The van der Waals surface area contributed by atoms with E-state index in [0.717, 1.165) is 0 Å². The number of rotatable bonds is 3. The third-order valence-electron chi connectivity index (χ3n) is 1.91. The van der Waals surface area contributed by atoms with E-state index in [1.165, 1.54) is 12.1 Å². The Morgan fingerprint density at radius 1 is 1.50 bits per heavy atom. The number of benzene rings is 1. The number of carbonyl (C=O) groups is 1. The van der Waals surface area contributed by atoms with Gasteiger partial charge in [0.25, 0.3) is 0 Å². The summed E-state index contributed by atoms with van der Waals surface area (Å²) in [4.78, 5) is 11.3. The fourth-order valence-corrected chi connectivity index (χ4v) is 1.80. The number of hydrogen-bond donors (Lipinski definition) is 0. The molecule has 1 aromatic carbocycles. The lowest BCUT2D eigenvalue weighted by Gasteiger charge is -2.06. The molecule has 0 saturated heterocycles. The molecule has 0 saturated carbocycles. The molecule has 0 aliphatic rings. The maximum absolute atomic E-state index is 11.3. The van der Waals surface area contributed by atoms with Crippen LogP contribution in [-0.4, -0.2) is 12.6 Å². The van der Waals surface area contributed by atoms with Crippen LogP contribution in [0.2, 0.25) is 10.0 Å². The van der Waals surface area contributed by atoms with Crippen molar-refractivity contribution in [2.24, 2.45) is 0 Å². The van der Waals surface area contributed by atoms with Gasteiger partial charge in [-0.2, -0.15) is 5.26 Å². The van der Waals surface area contributed by atoms with Gasteiger partial charge in [0.15, 0.2) is 0 Å². The first-order chi connectivity index (χ1) is 7.58. The third-order valence-corrected chi connectivity index (χ3v) is 2.46. The summed E-state index contributed by atoms with van der Waals surface area (Å²) in [5, 5.41) is 9.56. The lowest BCUT2D eigenvalue weighted by atomic mass is 10.1. The average Bonchev–Trinajstić information content (AvgIpc) is 2.22. The van der Waals surface area contributed by atoms with Gasteiger partial charge in [0.05, 0.1) is 24.7 Å². The van der Waals surface area contributed by atoms with Gasteiger partial charge in [0.2, 0.25) is 0 Å². The van der Waals surface area contributed by atoms with E-state index < -0.39 is 5.97 Å². The first-order valence-corrected chi connectivity index (χ1v) is 5.37. The van der Waals surface area contributed by atoms with Gasteiger partial charge < -0.3 is 4.74 Å². The zero-order valence-electron chi connectivity index (χ0n) is 8.59. The van der Waals surface area contributed by atoms with Crippen molar-refractivity contribution >= 4 is 29.2 Å². The van der Waals surface area contributed by atoms with Crippen molar-refractivity contribution in [2.45, 2.75) is 13.3 Å². The van der Waals surface area contributed by atoms with Gasteiger partial charge in [-0.25, -0.2) is 0 Å². The van der Waals surface area contributed by atoms with Crippen LogP contribution in [0.1, 0.15) is 18.1 Å². The highest BCUT2D eigenvalue weighted by Crippen LogP contribution is 2.25. The van der Waals surface area contributed by atoms with E-state index in [4.69, 9.17) is 33.2 Å². The molecule has 0 radical (unpaired) electrons. The predicted molar refractivity (Wildman–Crippen MR) is 61.5 cm³/mol. The minimum absolute atomic E-state index is 0.0211. The number of nitrogens with zero attached hydrogens (tertiary/aromatic N) is 1. The molecule has 0 bridgehead atoms. The first-order valence-electron chi connectivity index (χ1n) is 4.62. The SMILES string of the molecule is CCOC(=O)Cc1c(Cl)cc(Cl)cc1C#N. The van der Waals surface area contributed by atoms with Crippen molar-refractivity contribution < 1.29 is 9.53 Å². The van der Waals surface area contributed by atoms with Crippen LogP contribution in [0, 0.1) is 11.3 Å². The van der Waals surface area contributed by atoms with Gasteiger partial charge in [0, 0.05) is 10.0 Å². The molecule has 0 N–H and O–H groups in total. The molecule has 16 heavy (non-hydrogen) atoms. The van der Waals surface area contributed by atoms with Crippen molar-refractivity contribution in [3.63, 3.8) is 0 Å². The van der Waals surface area contributed by atoms with Crippen LogP contribution in [0.25, 0.3) is 0 Å². The van der Waals surface area contributed by atoms with E-state index in [2.05, 4.69) is 0 Å². The van der Waals surface area contributed by atoms with Gasteiger partial charge in [-0.1, -0.05) is 23.2 Å². The highest BCUT2D eigenvalue weighted by molar-refractivity contribution is 6.35. The molecule has 0 unspecified atom stereocenters. The average molecular weight is 258 g/mol. The number of esters is 1. The molecule has 0 amide bonds. The number of halogens is 2. The maximum atomic E-state index is 11.3. The van der Waals surface area contributed by atoms with Crippen LogP contribution in [0.3, 0.4) is 0 Å². The summed E-state index contributed by atoms with van der Waals surface area (Å²) in [6.45, 7) is 2.01. The molecular weight excluding hydrogens is 249 g/mol. The predicted octanol–water partition coefficient (Wildman–Crippen LogP) is 2.97. The summed E-state index contributed by atoms with van der Waals surface area (Å²) >= 11 is 11.7. The minimum Gasteiger partial charge on any atom is -0.466 e. The van der Waals surface area contributed by atoms with E-state index in [1.54, 1.807) is 6.92 Å². The van der Waals surface area contributed by atoms with Crippen molar-refractivity contribution in [3.8, 4) is 6.07 Å². The summed E-state index contributed by atoms with van der Waals surface area (Å²) in [5.74, 6) is -0.414. The fraction of sp³-hybridized carbons (Fsp3) is 0.273. The first kappa shape index (κ1) is 12.8. The van der Waals surface area contributed by atoms with E-state index in [0.29, 0.717) is 27.8 Å². The molecule has 1 aromatic rings. The van der Waals surface area contributed by atoms with Crippen molar-refractivity contribution in [1.82, 2.24) is 0 Å². The van der Waals surface area contributed by atoms with Crippen LogP contribution >= 0.6 is 23.2 Å². The molecule has 0 fully saturated rings. The topological polar surface area (TPSA) is 50.1 Å². The van der Waals surface area contributed by atoms with E-state index in [1.807, 2.05) is 6.07 Å². The zero-order valence-corrected chi connectivity index (χ0v) is 10.1. The molecular formula is C11H9Cl2NO2. The van der Waals surface area contributed by atoms with Gasteiger partial charge in [-0.15, -0.1) is 0 Å². The lowest BCUT2D eigenvalue weighted by molar-refractivity contribution is -0.142. The second kappa shape index (κ2) is 5.74. The van der Waals surface area contributed by atoms with E-state index >= 15 is 0 Å². The molecule has 0 heterocycles. The number of ether oxygens (including phenoxy) is 1. The number of nitriles is 1. The Labute approximate surface area is 104 Å². The highest BCUT2D eigenvalue weighted by atomic mass is 35.5. The van der Waals surface area contributed by atoms with E-state index in [-0.39, 0.29) is 6.42 Å². The smallest absolute Gasteiger partial charge is 0.310 e. The molecule has 5 heteroatoms. The zero-order chi connectivity index (χ0) is 12.1.